The number of halogens is 4. The van der Waals surface area contributed by atoms with E-state index in [1.807, 2.05) is 0 Å². The van der Waals surface area contributed by atoms with Gasteiger partial charge in [0.1, 0.15) is 5.82 Å². The van der Waals surface area contributed by atoms with Crippen LogP contribution in [0.2, 0.25) is 0 Å². The molecular weight excluding hydrogens is 272 g/mol. The first-order chi connectivity index (χ1) is 9.43. The highest BCUT2D eigenvalue weighted by molar-refractivity contribution is 5.66. The molecule has 0 aliphatic carbocycles. The molecule has 6 heteroatoms. The first kappa shape index (κ1) is 12.7. The zero-order chi connectivity index (χ0) is 14.3. The molecule has 0 aliphatic heterocycles. The lowest BCUT2D eigenvalue weighted by molar-refractivity contribution is -0.137. The molecule has 20 heavy (non-hydrogen) atoms. The van der Waals surface area contributed by atoms with Gasteiger partial charge in [0.05, 0.1) is 16.8 Å². The minimum Gasteiger partial charge on any atom is -0.240 e. The second kappa shape index (κ2) is 4.33. The summed E-state index contributed by atoms with van der Waals surface area (Å²) in [6.45, 7) is 0. The Morgan fingerprint density at radius 3 is 2.50 bits per heavy atom. The summed E-state index contributed by atoms with van der Waals surface area (Å²) in [5, 5.41) is 4.05. The van der Waals surface area contributed by atoms with E-state index in [1.54, 1.807) is 12.1 Å². The molecule has 3 rings (SSSR count). The fourth-order valence-corrected chi connectivity index (χ4v) is 1.94. The van der Waals surface area contributed by atoms with Gasteiger partial charge in [-0.2, -0.15) is 18.3 Å². The van der Waals surface area contributed by atoms with Crippen LogP contribution in [0.4, 0.5) is 17.6 Å². The Morgan fingerprint density at radius 1 is 1.00 bits per heavy atom. The molecule has 0 atom stereocenters. The summed E-state index contributed by atoms with van der Waals surface area (Å²) in [5.74, 6) is -0.421. The molecule has 2 nitrogen and oxygen atoms in total. The van der Waals surface area contributed by atoms with Crippen molar-refractivity contribution in [2.45, 2.75) is 6.18 Å². The average molecular weight is 280 g/mol. The van der Waals surface area contributed by atoms with E-state index in [4.69, 9.17) is 0 Å². The summed E-state index contributed by atoms with van der Waals surface area (Å²) in [7, 11) is 0. The number of nitrogens with zero attached hydrogens (tertiary/aromatic N) is 2. The van der Waals surface area contributed by atoms with E-state index in [2.05, 4.69) is 5.10 Å². The van der Waals surface area contributed by atoms with Crippen LogP contribution in [0, 0.1) is 5.82 Å². The molecule has 0 spiro atoms. The van der Waals surface area contributed by atoms with Crippen LogP contribution in [-0.2, 0) is 6.18 Å². The normalized spacial score (nSPS) is 12.0. The summed E-state index contributed by atoms with van der Waals surface area (Å²) in [4.78, 5) is 0. The van der Waals surface area contributed by atoms with Crippen molar-refractivity contribution >= 4 is 5.52 Å². The summed E-state index contributed by atoms with van der Waals surface area (Å²) in [5.41, 5.74) is 0.669. The van der Waals surface area contributed by atoms with Gasteiger partial charge in [-0.05, 0) is 30.3 Å². The molecule has 0 radical (unpaired) electrons. The van der Waals surface area contributed by atoms with Gasteiger partial charge in [-0.15, -0.1) is 0 Å². The van der Waals surface area contributed by atoms with Gasteiger partial charge in [0.15, 0.2) is 0 Å². The molecule has 1 aromatic carbocycles. The van der Waals surface area contributed by atoms with Gasteiger partial charge in [0, 0.05) is 11.8 Å². The second-order valence-electron chi connectivity index (χ2n) is 4.32. The molecular formula is C14H8F4N2. The molecule has 3 aromatic rings. The predicted octanol–water partition coefficient (Wildman–Crippen LogP) is 4.16. The lowest BCUT2D eigenvalue weighted by Crippen LogP contribution is -2.06. The summed E-state index contributed by atoms with van der Waals surface area (Å²) in [6.07, 6.45) is -3.50. The lowest BCUT2D eigenvalue weighted by atomic mass is 10.1. The van der Waals surface area contributed by atoms with E-state index < -0.39 is 17.6 Å². The van der Waals surface area contributed by atoms with Crippen LogP contribution in [0.1, 0.15) is 5.56 Å². The van der Waals surface area contributed by atoms with Crippen LogP contribution in [0.25, 0.3) is 16.8 Å². The number of hydrogen-bond donors (Lipinski definition) is 0. The highest BCUT2D eigenvalue weighted by Gasteiger charge is 2.30. The Bertz CT molecular complexity index is 774. The van der Waals surface area contributed by atoms with Crippen LogP contribution < -0.4 is 0 Å². The fraction of sp³-hybridized carbons (Fsp3) is 0.0714. The van der Waals surface area contributed by atoms with Crippen molar-refractivity contribution in [2.24, 2.45) is 0 Å². The van der Waals surface area contributed by atoms with E-state index in [1.165, 1.54) is 24.3 Å². The standard InChI is InChI=1S/C14H8F4N2/c15-11-3-1-2-9(6-11)13-7-12-5-4-10(14(16,17)18)8-20(12)19-13/h1-8H. The number of hydrogen-bond acceptors (Lipinski definition) is 1. The summed E-state index contributed by atoms with van der Waals surface area (Å²) >= 11 is 0. The Kier molecular flexibility index (Phi) is 2.74. The Balaban J connectivity index is 2.11. The Labute approximate surface area is 111 Å². The molecule has 2 aromatic heterocycles. The van der Waals surface area contributed by atoms with E-state index in [9.17, 15) is 17.6 Å². The minimum atomic E-state index is -4.42. The lowest BCUT2D eigenvalue weighted by Gasteiger charge is -2.05. The van der Waals surface area contributed by atoms with Crippen molar-refractivity contribution in [3.05, 3.63) is 60.0 Å². The monoisotopic (exact) mass is 280 g/mol. The van der Waals surface area contributed by atoms with Crippen molar-refractivity contribution < 1.29 is 17.6 Å². The summed E-state index contributed by atoms with van der Waals surface area (Å²) < 4.78 is 52.1. The highest BCUT2D eigenvalue weighted by atomic mass is 19.4. The van der Waals surface area contributed by atoms with E-state index in [0.29, 0.717) is 16.8 Å². The maximum Gasteiger partial charge on any atom is 0.417 e. The van der Waals surface area contributed by atoms with Gasteiger partial charge in [0.2, 0.25) is 0 Å². The van der Waals surface area contributed by atoms with Gasteiger partial charge in [0.25, 0.3) is 0 Å². The maximum atomic E-state index is 13.1. The molecule has 0 saturated heterocycles. The highest BCUT2D eigenvalue weighted by Crippen LogP contribution is 2.30. The van der Waals surface area contributed by atoms with Gasteiger partial charge in [-0.1, -0.05) is 12.1 Å². The van der Waals surface area contributed by atoms with Crippen LogP contribution in [0.3, 0.4) is 0 Å². The zero-order valence-electron chi connectivity index (χ0n) is 10.0. The fourth-order valence-electron chi connectivity index (χ4n) is 1.94. The number of benzene rings is 1. The predicted molar refractivity (Wildman–Crippen MR) is 65.6 cm³/mol. The third kappa shape index (κ3) is 2.24. The van der Waals surface area contributed by atoms with Crippen LogP contribution in [0.5, 0.6) is 0 Å². The molecule has 0 N–H and O–H groups in total. The van der Waals surface area contributed by atoms with Gasteiger partial charge in [-0.3, -0.25) is 0 Å². The Hall–Kier alpha value is -2.37. The first-order valence-corrected chi connectivity index (χ1v) is 5.76. The average Bonchev–Trinajstić information content (AvgIpc) is 2.80. The Morgan fingerprint density at radius 2 is 1.80 bits per heavy atom. The topological polar surface area (TPSA) is 17.3 Å². The molecule has 0 fully saturated rings. The number of aromatic nitrogens is 2. The van der Waals surface area contributed by atoms with Gasteiger partial charge in [-0.25, -0.2) is 8.91 Å². The molecule has 2 heterocycles. The van der Waals surface area contributed by atoms with Crippen molar-refractivity contribution in [3.63, 3.8) is 0 Å². The van der Waals surface area contributed by atoms with Gasteiger partial charge < -0.3 is 0 Å². The van der Waals surface area contributed by atoms with Crippen molar-refractivity contribution in [2.75, 3.05) is 0 Å². The SMILES string of the molecule is Fc1cccc(-c2cc3ccc(C(F)(F)F)cn3n2)c1. The summed E-state index contributed by atoms with van der Waals surface area (Å²) in [6, 6.07) is 9.68. The number of fused-ring (bicyclic) bond motifs is 1. The second-order valence-corrected chi connectivity index (χ2v) is 4.32. The molecule has 0 amide bonds. The van der Waals surface area contributed by atoms with E-state index in [0.717, 1.165) is 16.8 Å². The number of alkyl halides is 3. The zero-order valence-corrected chi connectivity index (χ0v) is 10.0. The van der Waals surface area contributed by atoms with Crippen molar-refractivity contribution in [1.82, 2.24) is 9.61 Å². The van der Waals surface area contributed by atoms with Crippen molar-refractivity contribution in [1.29, 1.82) is 0 Å². The molecule has 0 unspecified atom stereocenters. The van der Waals surface area contributed by atoms with E-state index >= 15 is 0 Å². The third-order valence-corrected chi connectivity index (χ3v) is 2.91. The smallest absolute Gasteiger partial charge is 0.240 e. The molecule has 0 aliphatic rings. The molecule has 0 bridgehead atoms. The van der Waals surface area contributed by atoms with Crippen molar-refractivity contribution in [3.8, 4) is 11.3 Å². The minimum absolute atomic E-state index is 0.420. The van der Waals surface area contributed by atoms with Crippen LogP contribution in [0.15, 0.2) is 48.7 Å². The van der Waals surface area contributed by atoms with Crippen LogP contribution >= 0.6 is 0 Å². The number of rotatable bonds is 1. The quantitative estimate of drug-likeness (QED) is 0.612. The first-order valence-electron chi connectivity index (χ1n) is 5.76. The third-order valence-electron chi connectivity index (χ3n) is 2.91. The molecule has 102 valence electrons. The van der Waals surface area contributed by atoms with Gasteiger partial charge >= 0.3 is 6.18 Å². The largest absolute Gasteiger partial charge is 0.417 e. The molecule has 0 saturated carbocycles. The van der Waals surface area contributed by atoms with Crippen LogP contribution in [-0.4, -0.2) is 9.61 Å². The maximum absolute atomic E-state index is 13.1. The van der Waals surface area contributed by atoms with E-state index in [-0.39, 0.29) is 0 Å². The number of pyridine rings is 1.